The van der Waals surface area contributed by atoms with E-state index in [9.17, 15) is 9.59 Å². The number of ether oxygens (including phenoxy) is 2. The summed E-state index contributed by atoms with van der Waals surface area (Å²) in [5.74, 6) is 0.526. The van der Waals surface area contributed by atoms with Gasteiger partial charge in [0.25, 0.3) is 11.8 Å². The van der Waals surface area contributed by atoms with E-state index in [0.717, 1.165) is 16.0 Å². The number of hydrogen-bond acceptors (Lipinski definition) is 6. The number of aryl methyl sites for hydroxylation is 2. The van der Waals surface area contributed by atoms with E-state index in [-0.39, 0.29) is 24.3 Å². The average Bonchev–Trinajstić information content (AvgIpc) is 3.45. The zero-order chi connectivity index (χ0) is 20.8. The van der Waals surface area contributed by atoms with Crippen molar-refractivity contribution in [2.24, 2.45) is 0 Å². The average molecular weight is 418 g/mol. The van der Waals surface area contributed by atoms with Gasteiger partial charge in [0, 0.05) is 16.6 Å². The quantitative estimate of drug-likeness (QED) is 0.633. The number of hydrogen-bond donors (Lipinski definition) is 1. The zero-order valence-electron chi connectivity index (χ0n) is 16.4. The fourth-order valence-corrected chi connectivity index (χ4v) is 4.28. The Hall–Kier alpha value is -3.58. The van der Waals surface area contributed by atoms with Crippen LogP contribution in [0.25, 0.3) is 5.57 Å². The molecule has 3 aromatic rings. The van der Waals surface area contributed by atoms with Crippen molar-refractivity contribution in [1.82, 2.24) is 0 Å². The molecule has 0 atom stereocenters. The number of carbonyl (C=O) groups is 2. The SMILES string of the molecule is Cc1ccc(N2C(=O)C(Nc3ccc4c(c3)OCO4)=C(c3cccs3)C2=O)cc1C. The van der Waals surface area contributed by atoms with E-state index in [0.29, 0.717) is 28.4 Å². The summed E-state index contributed by atoms with van der Waals surface area (Å²) in [5, 5.41) is 5.04. The maximum absolute atomic E-state index is 13.4. The monoisotopic (exact) mass is 418 g/mol. The molecule has 0 radical (unpaired) electrons. The number of carbonyl (C=O) groups excluding carboxylic acids is 2. The van der Waals surface area contributed by atoms with Crippen LogP contribution in [-0.2, 0) is 9.59 Å². The van der Waals surface area contributed by atoms with Gasteiger partial charge < -0.3 is 14.8 Å². The molecule has 0 saturated carbocycles. The van der Waals surface area contributed by atoms with Crippen molar-refractivity contribution in [3.05, 3.63) is 75.6 Å². The Labute approximate surface area is 177 Å². The maximum Gasteiger partial charge on any atom is 0.282 e. The van der Waals surface area contributed by atoms with Crippen molar-refractivity contribution in [3.8, 4) is 11.5 Å². The lowest BCUT2D eigenvalue weighted by atomic mass is 10.1. The Kier molecular flexibility index (Phi) is 4.33. The fraction of sp³-hybridized carbons (Fsp3) is 0.130. The minimum Gasteiger partial charge on any atom is -0.454 e. The number of rotatable bonds is 4. The lowest BCUT2D eigenvalue weighted by Crippen LogP contribution is -2.32. The lowest BCUT2D eigenvalue weighted by molar-refractivity contribution is -0.120. The van der Waals surface area contributed by atoms with Crippen molar-refractivity contribution < 1.29 is 19.1 Å². The minimum atomic E-state index is -0.385. The van der Waals surface area contributed by atoms with E-state index < -0.39 is 0 Å². The Morgan fingerprint density at radius 2 is 1.77 bits per heavy atom. The summed E-state index contributed by atoms with van der Waals surface area (Å²) in [6.45, 7) is 4.12. The standard InChI is InChI=1S/C23H18N2O4S/c1-13-5-7-16(10-14(13)2)25-22(26)20(19-4-3-9-30-19)21(23(25)27)24-15-6-8-17-18(11-15)29-12-28-17/h3-11,24H,12H2,1-2H3. The van der Waals surface area contributed by atoms with Crippen molar-refractivity contribution in [3.63, 3.8) is 0 Å². The third-order valence-electron chi connectivity index (χ3n) is 5.24. The second-order valence-corrected chi connectivity index (χ2v) is 8.08. The van der Waals surface area contributed by atoms with Crippen LogP contribution in [0.15, 0.2) is 59.6 Å². The first-order valence-electron chi connectivity index (χ1n) is 9.44. The van der Waals surface area contributed by atoms with Crippen molar-refractivity contribution in [1.29, 1.82) is 0 Å². The number of anilines is 2. The van der Waals surface area contributed by atoms with Gasteiger partial charge in [-0.1, -0.05) is 12.1 Å². The Morgan fingerprint density at radius 1 is 0.933 bits per heavy atom. The summed E-state index contributed by atoms with van der Waals surface area (Å²) in [6, 6.07) is 14.6. The number of thiophene rings is 1. The van der Waals surface area contributed by atoms with Gasteiger partial charge in [0.1, 0.15) is 5.70 Å². The van der Waals surface area contributed by atoms with Crippen molar-refractivity contribution in [2.75, 3.05) is 17.0 Å². The molecule has 150 valence electrons. The number of imide groups is 1. The van der Waals surface area contributed by atoms with Crippen LogP contribution in [0.5, 0.6) is 11.5 Å². The summed E-state index contributed by atoms with van der Waals surface area (Å²) < 4.78 is 10.8. The van der Waals surface area contributed by atoms with Gasteiger partial charge in [0.2, 0.25) is 6.79 Å². The van der Waals surface area contributed by atoms with Crippen LogP contribution in [0.4, 0.5) is 11.4 Å². The van der Waals surface area contributed by atoms with E-state index in [1.54, 1.807) is 24.3 Å². The first kappa shape index (κ1) is 18.4. The van der Waals surface area contributed by atoms with E-state index in [1.165, 1.54) is 16.2 Å². The summed E-state index contributed by atoms with van der Waals surface area (Å²) in [6.07, 6.45) is 0. The number of amides is 2. The van der Waals surface area contributed by atoms with E-state index in [2.05, 4.69) is 5.32 Å². The van der Waals surface area contributed by atoms with Crippen LogP contribution in [0, 0.1) is 13.8 Å². The largest absolute Gasteiger partial charge is 0.454 e. The number of fused-ring (bicyclic) bond motifs is 1. The highest BCUT2D eigenvalue weighted by Gasteiger charge is 2.40. The summed E-state index contributed by atoms with van der Waals surface area (Å²) >= 11 is 1.42. The molecule has 0 aliphatic carbocycles. The highest BCUT2D eigenvalue weighted by atomic mass is 32.1. The molecule has 0 spiro atoms. The molecule has 2 aliphatic heterocycles. The summed E-state index contributed by atoms with van der Waals surface area (Å²) in [5.41, 5.74) is 3.94. The first-order valence-corrected chi connectivity index (χ1v) is 10.3. The molecule has 2 aliphatic rings. The molecule has 2 aromatic carbocycles. The predicted octanol–water partition coefficient (Wildman–Crippen LogP) is 4.49. The molecule has 2 amide bonds. The summed E-state index contributed by atoms with van der Waals surface area (Å²) in [4.78, 5) is 28.7. The first-order chi connectivity index (χ1) is 14.5. The van der Waals surface area contributed by atoms with Crippen LogP contribution in [0.2, 0.25) is 0 Å². The molecule has 0 saturated heterocycles. The van der Waals surface area contributed by atoms with Crippen LogP contribution >= 0.6 is 11.3 Å². The minimum absolute atomic E-state index is 0.167. The van der Waals surface area contributed by atoms with Crippen LogP contribution < -0.4 is 19.7 Å². The Morgan fingerprint density at radius 3 is 2.53 bits per heavy atom. The van der Waals surface area contributed by atoms with Crippen LogP contribution in [0.1, 0.15) is 16.0 Å². The molecule has 6 nitrogen and oxygen atoms in total. The third kappa shape index (κ3) is 2.95. The van der Waals surface area contributed by atoms with E-state index in [1.807, 2.05) is 43.5 Å². The summed E-state index contributed by atoms with van der Waals surface area (Å²) in [7, 11) is 0. The Bertz CT molecular complexity index is 1210. The third-order valence-corrected chi connectivity index (χ3v) is 6.13. The van der Waals surface area contributed by atoms with Crippen molar-refractivity contribution >= 4 is 40.1 Å². The molecule has 0 fully saturated rings. The molecule has 0 unspecified atom stereocenters. The maximum atomic E-state index is 13.4. The molecule has 30 heavy (non-hydrogen) atoms. The highest BCUT2D eigenvalue weighted by Crippen LogP contribution is 2.38. The van der Waals surface area contributed by atoms with Crippen LogP contribution in [-0.4, -0.2) is 18.6 Å². The topological polar surface area (TPSA) is 67.9 Å². The van der Waals surface area contributed by atoms with E-state index in [4.69, 9.17) is 9.47 Å². The number of benzene rings is 2. The highest BCUT2D eigenvalue weighted by molar-refractivity contribution is 7.11. The van der Waals surface area contributed by atoms with Gasteiger partial charge >= 0.3 is 0 Å². The molecule has 1 N–H and O–H groups in total. The van der Waals surface area contributed by atoms with Gasteiger partial charge in [-0.05, 0) is 60.7 Å². The molecule has 1 aromatic heterocycles. The van der Waals surface area contributed by atoms with Gasteiger partial charge in [-0.25, -0.2) is 4.90 Å². The molecule has 5 rings (SSSR count). The second kappa shape index (κ2) is 7.03. The Balaban J connectivity index is 1.57. The number of nitrogens with zero attached hydrogens (tertiary/aromatic N) is 1. The van der Waals surface area contributed by atoms with Crippen molar-refractivity contribution in [2.45, 2.75) is 13.8 Å². The van der Waals surface area contributed by atoms with Gasteiger partial charge in [0.15, 0.2) is 11.5 Å². The normalized spacial score (nSPS) is 15.3. The van der Waals surface area contributed by atoms with Crippen LogP contribution in [0.3, 0.4) is 0 Å². The molecule has 7 heteroatoms. The van der Waals surface area contributed by atoms with Gasteiger partial charge in [0.05, 0.1) is 11.3 Å². The fourth-order valence-electron chi connectivity index (χ4n) is 3.51. The molecular formula is C23H18N2O4S. The molecule has 3 heterocycles. The van der Waals surface area contributed by atoms with Gasteiger partial charge in [-0.3, -0.25) is 9.59 Å². The molecule has 0 bridgehead atoms. The van der Waals surface area contributed by atoms with E-state index >= 15 is 0 Å². The lowest BCUT2D eigenvalue weighted by Gasteiger charge is -2.16. The number of nitrogens with one attached hydrogen (secondary N) is 1. The smallest absolute Gasteiger partial charge is 0.282 e. The van der Waals surface area contributed by atoms with Gasteiger partial charge in [-0.15, -0.1) is 11.3 Å². The zero-order valence-corrected chi connectivity index (χ0v) is 17.2. The van der Waals surface area contributed by atoms with Gasteiger partial charge in [-0.2, -0.15) is 0 Å². The predicted molar refractivity (Wildman–Crippen MR) is 116 cm³/mol. The molecular weight excluding hydrogens is 400 g/mol. The second-order valence-electron chi connectivity index (χ2n) is 7.13.